The standard InChI is InChI=1S/C23H28F6N4O4S/c24-22(25,26)15-9-14-12-32(6-3-18(14)19(11-15)31-38(30)36)20(34)13-1-2-17(10-13)33(21(35)23(27,28)29)16-4-7-37-8-5-16/h9,11,13,16-17,31H,1-8,10,12,30H2/t13-,17?,38?/m0/s1. The average molecular weight is 571 g/mol. The van der Waals surface area contributed by atoms with E-state index >= 15 is 0 Å². The Labute approximate surface area is 217 Å². The molecule has 3 aliphatic rings. The maximum atomic E-state index is 13.5. The molecule has 1 aliphatic carbocycles. The van der Waals surface area contributed by atoms with Crippen LogP contribution in [0.15, 0.2) is 12.1 Å². The molecule has 212 valence electrons. The van der Waals surface area contributed by atoms with E-state index in [9.17, 15) is 40.1 Å². The molecule has 38 heavy (non-hydrogen) atoms. The Hall–Kier alpha value is -2.39. The minimum Gasteiger partial charge on any atom is -0.381 e. The van der Waals surface area contributed by atoms with E-state index in [4.69, 9.17) is 9.88 Å². The molecule has 15 heteroatoms. The summed E-state index contributed by atoms with van der Waals surface area (Å²) in [5.41, 5.74) is -0.330. The van der Waals surface area contributed by atoms with Crippen LogP contribution in [-0.2, 0) is 44.6 Å². The molecule has 0 aromatic heterocycles. The number of halogens is 6. The molecule has 1 saturated carbocycles. The summed E-state index contributed by atoms with van der Waals surface area (Å²) in [6.07, 6.45) is -8.50. The van der Waals surface area contributed by atoms with Crippen LogP contribution in [0.1, 0.15) is 48.8 Å². The number of carbonyl (C=O) groups excluding carboxylic acids is 2. The number of ether oxygens (including phenoxy) is 1. The van der Waals surface area contributed by atoms with Gasteiger partial charge < -0.3 is 14.5 Å². The van der Waals surface area contributed by atoms with Gasteiger partial charge in [0, 0.05) is 44.3 Å². The van der Waals surface area contributed by atoms with Crippen molar-refractivity contribution in [1.29, 1.82) is 0 Å². The summed E-state index contributed by atoms with van der Waals surface area (Å²) in [4.78, 5) is 27.9. The van der Waals surface area contributed by atoms with E-state index in [2.05, 4.69) is 4.72 Å². The molecule has 1 saturated heterocycles. The van der Waals surface area contributed by atoms with Gasteiger partial charge in [-0.3, -0.25) is 14.3 Å². The summed E-state index contributed by atoms with van der Waals surface area (Å²) in [6, 6.07) is 0.348. The largest absolute Gasteiger partial charge is 0.471 e. The first-order chi connectivity index (χ1) is 17.8. The van der Waals surface area contributed by atoms with Crippen molar-refractivity contribution in [3.8, 4) is 0 Å². The van der Waals surface area contributed by atoms with Crippen LogP contribution in [0.25, 0.3) is 0 Å². The Bertz CT molecular complexity index is 1090. The lowest BCUT2D eigenvalue weighted by molar-refractivity contribution is -0.192. The molecule has 2 aliphatic heterocycles. The molecule has 8 nitrogen and oxygen atoms in total. The summed E-state index contributed by atoms with van der Waals surface area (Å²) >= 11 is -2.11. The Morgan fingerprint density at radius 1 is 1.05 bits per heavy atom. The maximum absolute atomic E-state index is 13.5. The van der Waals surface area contributed by atoms with Gasteiger partial charge in [0.1, 0.15) is 0 Å². The Balaban J connectivity index is 1.51. The van der Waals surface area contributed by atoms with Gasteiger partial charge in [-0.15, -0.1) is 0 Å². The van der Waals surface area contributed by atoms with Crippen LogP contribution in [0.4, 0.5) is 32.0 Å². The van der Waals surface area contributed by atoms with Gasteiger partial charge in [-0.1, -0.05) is 0 Å². The monoisotopic (exact) mass is 570 g/mol. The van der Waals surface area contributed by atoms with Crippen molar-refractivity contribution >= 4 is 28.7 Å². The lowest BCUT2D eigenvalue weighted by Gasteiger charge is -2.39. The van der Waals surface area contributed by atoms with Crippen molar-refractivity contribution in [1.82, 2.24) is 9.80 Å². The molecular formula is C23H28F6N4O4S. The predicted molar refractivity (Wildman–Crippen MR) is 124 cm³/mol. The van der Waals surface area contributed by atoms with Gasteiger partial charge >= 0.3 is 18.3 Å². The zero-order valence-corrected chi connectivity index (χ0v) is 21.1. The fourth-order valence-electron chi connectivity index (χ4n) is 5.68. The highest BCUT2D eigenvalue weighted by Crippen LogP contribution is 2.39. The molecule has 1 aromatic rings. The normalized spacial score (nSPS) is 23.6. The third-order valence-electron chi connectivity index (χ3n) is 7.39. The topological polar surface area (TPSA) is 105 Å². The summed E-state index contributed by atoms with van der Waals surface area (Å²) in [5.74, 6) is -2.96. The Kier molecular flexibility index (Phi) is 8.28. The predicted octanol–water partition coefficient (Wildman–Crippen LogP) is 3.28. The number of anilines is 1. The van der Waals surface area contributed by atoms with E-state index in [0.717, 1.165) is 17.0 Å². The minimum absolute atomic E-state index is 0.0264. The highest BCUT2D eigenvalue weighted by atomic mass is 32.2. The molecule has 0 radical (unpaired) electrons. The first-order valence-electron chi connectivity index (χ1n) is 12.2. The molecule has 2 amide bonds. The van der Waals surface area contributed by atoms with Gasteiger partial charge in [0.2, 0.25) is 5.91 Å². The molecule has 3 atom stereocenters. The molecule has 2 fully saturated rings. The van der Waals surface area contributed by atoms with Crippen LogP contribution in [0.2, 0.25) is 0 Å². The first kappa shape index (κ1) is 28.6. The number of rotatable bonds is 5. The highest BCUT2D eigenvalue weighted by Gasteiger charge is 2.49. The smallest absolute Gasteiger partial charge is 0.381 e. The van der Waals surface area contributed by atoms with Crippen molar-refractivity contribution in [2.24, 2.45) is 11.1 Å². The third kappa shape index (κ3) is 6.25. The number of benzene rings is 1. The fraction of sp³-hybridized carbons (Fsp3) is 0.652. The molecule has 0 bridgehead atoms. The van der Waals surface area contributed by atoms with Crippen molar-refractivity contribution in [3.05, 3.63) is 28.8 Å². The van der Waals surface area contributed by atoms with E-state index in [1.807, 2.05) is 0 Å². The number of nitrogens with two attached hydrogens (primary N) is 1. The number of nitrogens with one attached hydrogen (secondary N) is 1. The van der Waals surface area contributed by atoms with E-state index in [0.29, 0.717) is 5.56 Å². The van der Waals surface area contributed by atoms with Crippen LogP contribution in [-0.4, -0.2) is 63.8 Å². The average Bonchev–Trinajstić information content (AvgIpc) is 3.32. The lowest BCUT2D eigenvalue weighted by atomic mass is 9.94. The fourth-order valence-corrected chi connectivity index (χ4v) is 6.08. The van der Waals surface area contributed by atoms with Gasteiger partial charge in [0.25, 0.3) is 0 Å². The molecule has 1 aromatic carbocycles. The molecule has 3 N–H and O–H groups in total. The molecule has 2 heterocycles. The van der Waals surface area contributed by atoms with Gasteiger partial charge in [-0.2, -0.15) is 26.3 Å². The Morgan fingerprint density at radius 3 is 2.34 bits per heavy atom. The van der Waals surface area contributed by atoms with Gasteiger partial charge in [-0.25, -0.2) is 9.35 Å². The molecular weight excluding hydrogens is 542 g/mol. The number of fused-ring (bicyclic) bond motifs is 1. The van der Waals surface area contributed by atoms with E-state index in [-0.39, 0.29) is 82.0 Å². The van der Waals surface area contributed by atoms with E-state index in [1.165, 1.54) is 4.90 Å². The Morgan fingerprint density at radius 2 is 1.74 bits per heavy atom. The number of amides is 2. The molecule has 2 unspecified atom stereocenters. The lowest BCUT2D eigenvalue weighted by Crippen LogP contribution is -2.53. The molecule has 4 rings (SSSR count). The van der Waals surface area contributed by atoms with E-state index < -0.39 is 53.0 Å². The van der Waals surface area contributed by atoms with Gasteiger partial charge in [0.15, 0.2) is 11.2 Å². The van der Waals surface area contributed by atoms with Gasteiger partial charge in [0.05, 0.1) is 11.3 Å². The zero-order valence-electron chi connectivity index (χ0n) is 20.2. The van der Waals surface area contributed by atoms with E-state index in [1.54, 1.807) is 0 Å². The SMILES string of the molecule is NS(=O)Nc1cc(C(F)(F)F)cc2c1CCN(C(=O)[C@H]1CCC(N(C(=O)C(F)(F)F)C3CCOCC3)C1)C2. The number of nitrogens with zero attached hydrogens (tertiary/aromatic N) is 2. The quantitative estimate of drug-likeness (QED) is 0.531. The van der Waals surface area contributed by atoms with Crippen LogP contribution >= 0.6 is 0 Å². The summed E-state index contributed by atoms with van der Waals surface area (Å²) in [5, 5.41) is 5.22. The van der Waals surface area contributed by atoms with Crippen LogP contribution in [0.3, 0.4) is 0 Å². The summed E-state index contributed by atoms with van der Waals surface area (Å²) in [7, 11) is 0. The second-order valence-electron chi connectivity index (χ2n) is 9.79. The number of hydrogen-bond acceptors (Lipinski definition) is 4. The second kappa shape index (κ2) is 11.0. The van der Waals surface area contributed by atoms with Crippen molar-refractivity contribution in [2.75, 3.05) is 24.5 Å². The number of carbonyl (C=O) groups is 2. The van der Waals surface area contributed by atoms with Crippen molar-refractivity contribution in [3.63, 3.8) is 0 Å². The van der Waals surface area contributed by atoms with Crippen LogP contribution in [0, 0.1) is 5.92 Å². The highest BCUT2D eigenvalue weighted by molar-refractivity contribution is 7.84. The van der Waals surface area contributed by atoms with Crippen molar-refractivity contribution < 1.29 is 44.9 Å². The zero-order chi connectivity index (χ0) is 27.8. The number of hydrogen-bond donors (Lipinski definition) is 2. The van der Waals surface area contributed by atoms with Crippen LogP contribution < -0.4 is 9.86 Å². The third-order valence-corrected chi connectivity index (χ3v) is 7.81. The maximum Gasteiger partial charge on any atom is 0.471 e. The van der Waals surface area contributed by atoms with Gasteiger partial charge in [-0.05, 0) is 61.8 Å². The second-order valence-corrected chi connectivity index (χ2v) is 10.6. The molecule has 0 spiro atoms. The number of alkyl halides is 6. The summed E-state index contributed by atoms with van der Waals surface area (Å²) < 4.78 is 99.6. The van der Waals surface area contributed by atoms with Crippen LogP contribution in [0.5, 0.6) is 0 Å². The van der Waals surface area contributed by atoms with Crippen molar-refractivity contribution in [2.45, 2.75) is 69.5 Å². The first-order valence-corrected chi connectivity index (χ1v) is 13.4. The summed E-state index contributed by atoms with van der Waals surface area (Å²) in [6.45, 7) is 0.498. The minimum atomic E-state index is -5.05.